The standard InChI is InChI=1S/C12H17N3O3/c1-3-4-10(16)14-15-7-9(5-11(15)17)12-13-6-8(2)18-12/h6,9H,3-5,7H2,1-2H3,(H,14,16). The number of hydrazine groups is 1. The van der Waals surface area contributed by atoms with Gasteiger partial charge in [-0.05, 0) is 13.3 Å². The molecular weight excluding hydrogens is 234 g/mol. The number of rotatable bonds is 4. The predicted molar refractivity (Wildman–Crippen MR) is 63.4 cm³/mol. The summed E-state index contributed by atoms with van der Waals surface area (Å²) in [7, 11) is 0. The van der Waals surface area contributed by atoms with Gasteiger partial charge in [0.05, 0.1) is 18.7 Å². The van der Waals surface area contributed by atoms with Crippen molar-refractivity contribution in [3.63, 3.8) is 0 Å². The first kappa shape index (κ1) is 12.6. The number of aryl methyl sites for hydroxylation is 1. The Balaban J connectivity index is 1.96. The van der Waals surface area contributed by atoms with Crippen LogP contribution in [0.1, 0.15) is 43.8 Å². The second-order valence-corrected chi connectivity index (χ2v) is 4.50. The van der Waals surface area contributed by atoms with Gasteiger partial charge in [0.2, 0.25) is 11.8 Å². The quantitative estimate of drug-likeness (QED) is 0.870. The lowest BCUT2D eigenvalue weighted by Crippen LogP contribution is -2.42. The summed E-state index contributed by atoms with van der Waals surface area (Å²) in [5, 5.41) is 1.36. The zero-order valence-corrected chi connectivity index (χ0v) is 10.6. The molecule has 98 valence electrons. The Morgan fingerprint density at radius 2 is 2.44 bits per heavy atom. The fourth-order valence-electron chi connectivity index (χ4n) is 1.98. The first-order valence-corrected chi connectivity index (χ1v) is 6.12. The SMILES string of the molecule is CCCC(=O)NN1CC(c2ncc(C)o2)CC1=O. The molecule has 1 fully saturated rings. The normalized spacial score (nSPS) is 19.3. The van der Waals surface area contributed by atoms with Gasteiger partial charge in [-0.25, -0.2) is 4.98 Å². The van der Waals surface area contributed by atoms with Crippen LogP contribution in [-0.4, -0.2) is 28.4 Å². The average molecular weight is 251 g/mol. The van der Waals surface area contributed by atoms with Gasteiger partial charge in [-0.1, -0.05) is 6.92 Å². The first-order valence-electron chi connectivity index (χ1n) is 6.12. The number of hydrogen-bond donors (Lipinski definition) is 1. The molecule has 2 heterocycles. The number of carbonyl (C=O) groups is 2. The zero-order valence-electron chi connectivity index (χ0n) is 10.6. The molecule has 1 aliphatic rings. The van der Waals surface area contributed by atoms with Gasteiger partial charge in [0.15, 0.2) is 5.89 Å². The zero-order chi connectivity index (χ0) is 13.1. The second kappa shape index (κ2) is 5.20. The summed E-state index contributed by atoms with van der Waals surface area (Å²) in [5.41, 5.74) is 2.61. The molecule has 0 aliphatic carbocycles. The molecule has 1 unspecified atom stereocenters. The minimum absolute atomic E-state index is 0.0758. The highest BCUT2D eigenvalue weighted by Gasteiger charge is 2.34. The largest absolute Gasteiger partial charge is 0.446 e. The number of nitrogens with zero attached hydrogens (tertiary/aromatic N) is 2. The van der Waals surface area contributed by atoms with Crippen molar-refractivity contribution in [2.45, 2.75) is 39.0 Å². The van der Waals surface area contributed by atoms with E-state index in [0.29, 0.717) is 25.3 Å². The van der Waals surface area contributed by atoms with Crippen molar-refractivity contribution in [1.29, 1.82) is 0 Å². The molecule has 0 radical (unpaired) electrons. The summed E-state index contributed by atoms with van der Waals surface area (Å²) < 4.78 is 5.41. The first-order chi connectivity index (χ1) is 8.60. The average Bonchev–Trinajstić information content (AvgIpc) is 2.87. The van der Waals surface area contributed by atoms with Gasteiger partial charge >= 0.3 is 0 Å². The molecule has 0 saturated carbocycles. The highest BCUT2D eigenvalue weighted by atomic mass is 16.4. The van der Waals surface area contributed by atoms with Gasteiger partial charge in [0.25, 0.3) is 0 Å². The smallest absolute Gasteiger partial charge is 0.241 e. The molecule has 18 heavy (non-hydrogen) atoms. The van der Waals surface area contributed by atoms with Crippen molar-refractivity contribution >= 4 is 11.8 Å². The number of hydrogen-bond acceptors (Lipinski definition) is 4. The van der Waals surface area contributed by atoms with Crippen LogP contribution in [0.4, 0.5) is 0 Å². The molecule has 0 spiro atoms. The highest BCUT2D eigenvalue weighted by molar-refractivity contribution is 5.84. The van der Waals surface area contributed by atoms with E-state index in [1.54, 1.807) is 6.20 Å². The van der Waals surface area contributed by atoms with Crippen LogP contribution in [0.15, 0.2) is 10.6 Å². The number of amides is 2. The highest BCUT2D eigenvalue weighted by Crippen LogP contribution is 2.26. The summed E-state index contributed by atoms with van der Waals surface area (Å²) in [4.78, 5) is 27.3. The molecule has 1 saturated heterocycles. The molecule has 1 aromatic heterocycles. The Morgan fingerprint density at radius 1 is 1.67 bits per heavy atom. The van der Waals surface area contributed by atoms with E-state index in [2.05, 4.69) is 10.4 Å². The van der Waals surface area contributed by atoms with Crippen LogP contribution in [0.25, 0.3) is 0 Å². The molecular formula is C12H17N3O3. The third kappa shape index (κ3) is 2.69. The summed E-state index contributed by atoms with van der Waals surface area (Å²) in [6.45, 7) is 4.16. The summed E-state index contributed by atoms with van der Waals surface area (Å²) in [6.07, 6.45) is 3.15. The molecule has 1 atom stereocenters. The summed E-state index contributed by atoms with van der Waals surface area (Å²) >= 11 is 0. The molecule has 6 heteroatoms. The summed E-state index contributed by atoms with van der Waals surface area (Å²) in [5.74, 6) is 0.988. The van der Waals surface area contributed by atoms with E-state index in [-0.39, 0.29) is 17.7 Å². The molecule has 2 amide bonds. The number of aromatic nitrogens is 1. The maximum Gasteiger partial charge on any atom is 0.241 e. The van der Waals surface area contributed by atoms with Gasteiger partial charge in [-0.3, -0.25) is 20.0 Å². The molecule has 0 aromatic carbocycles. The number of oxazole rings is 1. The maximum atomic E-state index is 11.7. The summed E-state index contributed by atoms with van der Waals surface area (Å²) in [6, 6.07) is 0. The third-order valence-electron chi connectivity index (χ3n) is 2.85. The Hall–Kier alpha value is -1.85. The van der Waals surface area contributed by atoms with E-state index in [1.165, 1.54) is 5.01 Å². The molecule has 1 N–H and O–H groups in total. The number of nitrogens with one attached hydrogen (secondary N) is 1. The minimum Gasteiger partial charge on any atom is -0.446 e. The van der Waals surface area contributed by atoms with Crippen molar-refractivity contribution in [3.05, 3.63) is 17.8 Å². The van der Waals surface area contributed by atoms with Crippen LogP contribution in [0, 0.1) is 6.92 Å². The van der Waals surface area contributed by atoms with Crippen LogP contribution >= 0.6 is 0 Å². The van der Waals surface area contributed by atoms with Crippen molar-refractivity contribution in [2.75, 3.05) is 6.54 Å². The van der Waals surface area contributed by atoms with Crippen LogP contribution in [-0.2, 0) is 9.59 Å². The van der Waals surface area contributed by atoms with Crippen LogP contribution in [0.5, 0.6) is 0 Å². The van der Waals surface area contributed by atoms with Crippen molar-refractivity contribution < 1.29 is 14.0 Å². The maximum absolute atomic E-state index is 11.7. The lowest BCUT2D eigenvalue weighted by Gasteiger charge is -2.16. The lowest BCUT2D eigenvalue weighted by molar-refractivity contribution is -0.138. The Bertz CT molecular complexity index is 455. The van der Waals surface area contributed by atoms with Gasteiger partial charge in [-0.15, -0.1) is 0 Å². The second-order valence-electron chi connectivity index (χ2n) is 4.50. The monoisotopic (exact) mass is 251 g/mol. The fourth-order valence-corrected chi connectivity index (χ4v) is 1.98. The molecule has 1 aromatic rings. The minimum atomic E-state index is -0.130. The molecule has 0 bridgehead atoms. The topological polar surface area (TPSA) is 75.4 Å². The Labute approximate surface area is 105 Å². The van der Waals surface area contributed by atoms with E-state index in [0.717, 1.165) is 12.2 Å². The molecule has 2 rings (SSSR count). The fraction of sp³-hybridized carbons (Fsp3) is 0.583. The predicted octanol–water partition coefficient (Wildman–Crippen LogP) is 1.13. The Morgan fingerprint density at radius 3 is 3.06 bits per heavy atom. The van der Waals surface area contributed by atoms with Gasteiger partial charge < -0.3 is 4.42 Å². The van der Waals surface area contributed by atoms with Gasteiger partial charge in [-0.2, -0.15) is 0 Å². The van der Waals surface area contributed by atoms with Crippen LogP contribution in [0.3, 0.4) is 0 Å². The molecule has 6 nitrogen and oxygen atoms in total. The number of carbonyl (C=O) groups excluding carboxylic acids is 2. The van der Waals surface area contributed by atoms with E-state index in [1.807, 2.05) is 13.8 Å². The van der Waals surface area contributed by atoms with Crippen molar-refractivity contribution in [2.24, 2.45) is 0 Å². The lowest BCUT2D eigenvalue weighted by atomic mass is 10.1. The van der Waals surface area contributed by atoms with E-state index in [9.17, 15) is 9.59 Å². The van der Waals surface area contributed by atoms with Crippen LogP contribution in [0.2, 0.25) is 0 Å². The molecule has 1 aliphatic heterocycles. The van der Waals surface area contributed by atoms with E-state index >= 15 is 0 Å². The van der Waals surface area contributed by atoms with E-state index in [4.69, 9.17) is 4.42 Å². The van der Waals surface area contributed by atoms with Crippen LogP contribution < -0.4 is 5.43 Å². The third-order valence-corrected chi connectivity index (χ3v) is 2.85. The van der Waals surface area contributed by atoms with Crippen molar-refractivity contribution in [1.82, 2.24) is 15.4 Å². The van der Waals surface area contributed by atoms with Gasteiger partial charge in [0.1, 0.15) is 5.76 Å². The van der Waals surface area contributed by atoms with Crippen molar-refractivity contribution in [3.8, 4) is 0 Å². The van der Waals surface area contributed by atoms with E-state index < -0.39 is 0 Å². The Kier molecular flexibility index (Phi) is 3.64. The van der Waals surface area contributed by atoms with Gasteiger partial charge in [0, 0.05) is 12.8 Å².